The van der Waals surface area contributed by atoms with Crippen molar-refractivity contribution in [3.63, 3.8) is 0 Å². The molecule has 0 aromatic rings. The summed E-state index contributed by atoms with van der Waals surface area (Å²) in [6, 6.07) is 0. The second-order valence-electron chi connectivity index (χ2n) is 4.19. The molecule has 0 saturated heterocycles. The van der Waals surface area contributed by atoms with Crippen LogP contribution in [-0.4, -0.2) is 12.5 Å². The molecule has 3 heteroatoms. The summed E-state index contributed by atoms with van der Waals surface area (Å²) in [5.74, 6) is -0.184. The third-order valence-corrected chi connectivity index (χ3v) is 2.45. The van der Waals surface area contributed by atoms with Gasteiger partial charge in [0.05, 0.1) is 0 Å². The number of rotatable bonds is 5. The van der Waals surface area contributed by atoms with Crippen LogP contribution in [0.3, 0.4) is 0 Å². The Kier molecular flexibility index (Phi) is 4.56. The number of hydroxylamine groups is 1. The van der Waals surface area contributed by atoms with E-state index in [4.69, 9.17) is 4.84 Å². The molecule has 1 atom stereocenters. The fourth-order valence-corrected chi connectivity index (χ4v) is 1.44. The molecule has 0 saturated carbocycles. The number of hydrogen-bond donors (Lipinski definition) is 1. The summed E-state index contributed by atoms with van der Waals surface area (Å²) in [6.07, 6.45) is 10.6. The van der Waals surface area contributed by atoms with E-state index in [0.29, 0.717) is 13.0 Å². The summed E-state index contributed by atoms with van der Waals surface area (Å²) in [5, 5.41) is 0. The van der Waals surface area contributed by atoms with E-state index in [1.807, 2.05) is 19.1 Å². The number of hydrogen-bond acceptors (Lipinski definition) is 3. The largest absolute Gasteiger partial charge is 0.371 e. The molecular weight excluding hydrogens is 190 g/mol. The Morgan fingerprint density at radius 3 is 2.93 bits per heavy atom. The van der Waals surface area contributed by atoms with Gasteiger partial charge < -0.3 is 4.84 Å². The Balaban J connectivity index is 2.22. The van der Waals surface area contributed by atoms with Crippen LogP contribution in [0.25, 0.3) is 0 Å². The van der Waals surface area contributed by atoms with Gasteiger partial charge in [-0.2, -0.15) is 5.48 Å². The van der Waals surface area contributed by atoms with Gasteiger partial charge in [0.2, 0.25) is 0 Å². The number of carbonyl (C=O) groups is 1. The molecule has 1 rings (SSSR count). The molecule has 0 radical (unpaired) electrons. The van der Waals surface area contributed by atoms with Crippen molar-refractivity contribution in [2.24, 2.45) is 5.41 Å². The van der Waals surface area contributed by atoms with Gasteiger partial charge in [0.15, 0.2) is 0 Å². The van der Waals surface area contributed by atoms with Crippen LogP contribution < -0.4 is 5.48 Å². The van der Waals surface area contributed by atoms with Gasteiger partial charge in [0.25, 0.3) is 0 Å². The van der Waals surface area contributed by atoms with Crippen molar-refractivity contribution in [2.75, 3.05) is 6.54 Å². The molecule has 15 heavy (non-hydrogen) atoms. The third-order valence-electron chi connectivity index (χ3n) is 2.45. The second kappa shape index (κ2) is 5.71. The van der Waals surface area contributed by atoms with Gasteiger partial charge in [0.1, 0.15) is 0 Å². The van der Waals surface area contributed by atoms with Gasteiger partial charge in [-0.25, -0.2) is 0 Å². The third kappa shape index (κ3) is 4.30. The average Bonchev–Trinajstić information content (AvgIpc) is 2.19. The number of allylic oxidation sites excluding steroid dienone is 3. The lowest BCUT2D eigenvalue weighted by atomic mass is 9.84. The Labute approximate surface area is 91.1 Å². The zero-order chi connectivity index (χ0) is 11.1. The van der Waals surface area contributed by atoms with Crippen LogP contribution in [0.4, 0.5) is 0 Å². The van der Waals surface area contributed by atoms with E-state index in [0.717, 1.165) is 12.8 Å². The minimum absolute atomic E-state index is 0.0568. The molecule has 0 aromatic heterocycles. The Morgan fingerprint density at radius 2 is 2.33 bits per heavy atom. The van der Waals surface area contributed by atoms with Crippen LogP contribution >= 0.6 is 0 Å². The summed E-state index contributed by atoms with van der Waals surface area (Å²) >= 11 is 0. The van der Waals surface area contributed by atoms with E-state index < -0.39 is 0 Å². The molecule has 3 nitrogen and oxygen atoms in total. The van der Waals surface area contributed by atoms with E-state index >= 15 is 0 Å². The highest BCUT2D eigenvalue weighted by molar-refractivity contribution is 5.68. The van der Waals surface area contributed by atoms with Gasteiger partial charge in [0, 0.05) is 18.4 Å². The van der Waals surface area contributed by atoms with Crippen molar-refractivity contribution in [3.05, 3.63) is 24.3 Å². The highest BCUT2D eigenvalue weighted by Gasteiger charge is 2.21. The Hall–Kier alpha value is -1.09. The topological polar surface area (TPSA) is 38.3 Å². The molecule has 1 aliphatic carbocycles. The first-order valence-corrected chi connectivity index (χ1v) is 5.43. The Morgan fingerprint density at radius 1 is 1.53 bits per heavy atom. The zero-order valence-corrected chi connectivity index (χ0v) is 9.45. The van der Waals surface area contributed by atoms with Crippen LogP contribution in [0.5, 0.6) is 0 Å². The maximum Gasteiger partial charge on any atom is 0.324 e. The van der Waals surface area contributed by atoms with Crippen LogP contribution in [0.2, 0.25) is 0 Å². The monoisotopic (exact) mass is 209 g/mol. The summed E-state index contributed by atoms with van der Waals surface area (Å²) in [5.41, 5.74) is 2.80. The van der Waals surface area contributed by atoms with E-state index in [-0.39, 0.29) is 11.4 Å². The molecule has 0 amide bonds. The van der Waals surface area contributed by atoms with Crippen molar-refractivity contribution in [3.8, 4) is 0 Å². The van der Waals surface area contributed by atoms with Crippen LogP contribution in [0.1, 0.15) is 33.1 Å². The predicted octanol–water partition coefficient (Wildman–Crippen LogP) is 2.36. The van der Waals surface area contributed by atoms with E-state index in [2.05, 4.69) is 24.6 Å². The van der Waals surface area contributed by atoms with Crippen LogP contribution in [-0.2, 0) is 9.63 Å². The molecule has 0 aromatic carbocycles. The molecule has 0 bridgehead atoms. The molecule has 0 heterocycles. The predicted molar refractivity (Wildman–Crippen MR) is 60.0 cm³/mol. The molecule has 0 aliphatic heterocycles. The summed E-state index contributed by atoms with van der Waals surface area (Å²) in [4.78, 5) is 16.0. The first-order chi connectivity index (χ1) is 7.16. The maximum absolute atomic E-state index is 11.1. The molecule has 84 valence electrons. The fraction of sp³-hybridized carbons (Fsp3) is 0.583. The van der Waals surface area contributed by atoms with Crippen molar-refractivity contribution in [1.82, 2.24) is 5.48 Å². The lowest BCUT2D eigenvalue weighted by Gasteiger charge is -2.26. The van der Waals surface area contributed by atoms with Gasteiger partial charge >= 0.3 is 5.97 Å². The smallest absolute Gasteiger partial charge is 0.324 e. The summed E-state index contributed by atoms with van der Waals surface area (Å²) in [7, 11) is 0. The average molecular weight is 209 g/mol. The first-order valence-electron chi connectivity index (χ1n) is 5.43. The van der Waals surface area contributed by atoms with Crippen molar-refractivity contribution >= 4 is 5.97 Å². The van der Waals surface area contributed by atoms with Crippen molar-refractivity contribution < 1.29 is 9.63 Å². The molecule has 1 N–H and O–H groups in total. The molecule has 0 fully saturated rings. The highest BCUT2D eigenvalue weighted by Crippen LogP contribution is 2.25. The lowest BCUT2D eigenvalue weighted by Crippen LogP contribution is -2.32. The molecule has 1 aliphatic rings. The van der Waals surface area contributed by atoms with Gasteiger partial charge in [-0.15, -0.1) is 0 Å². The number of nitrogens with one attached hydrogen (secondary N) is 1. The maximum atomic E-state index is 11.1. The lowest BCUT2D eigenvalue weighted by molar-refractivity contribution is -0.151. The van der Waals surface area contributed by atoms with Crippen LogP contribution in [0.15, 0.2) is 24.3 Å². The SMILES string of the molecule is CCCC(=O)ONC[C@]1(C)C=CC=CC1. The van der Waals surface area contributed by atoms with Crippen LogP contribution in [0, 0.1) is 5.41 Å². The molecule has 0 unspecified atom stereocenters. The highest BCUT2D eigenvalue weighted by atomic mass is 16.7. The van der Waals surface area contributed by atoms with Crippen molar-refractivity contribution in [2.45, 2.75) is 33.1 Å². The minimum atomic E-state index is -0.184. The molecular formula is C12H19NO2. The Bertz CT molecular complexity index is 271. The second-order valence-corrected chi connectivity index (χ2v) is 4.19. The standard InChI is InChI=1S/C12H19NO2/c1-3-7-11(14)15-13-10-12(2)8-5-4-6-9-12/h4-6,8,13H,3,7,9-10H2,1-2H3/t12-/m1/s1. The fourth-order valence-electron chi connectivity index (χ4n) is 1.44. The van der Waals surface area contributed by atoms with Gasteiger partial charge in [-0.1, -0.05) is 38.2 Å². The van der Waals surface area contributed by atoms with Crippen molar-refractivity contribution in [1.29, 1.82) is 0 Å². The molecule has 0 spiro atoms. The normalized spacial score (nSPS) is 24.1. The number of carbonyl (C=O) groups excluding carboxylic acids is 1. The zero-order valence-electron chi connectivity index (χ0n) is 9.45. The van der Waals surface area contributed by atoms with E-state index in [1.54, 1.807) is 0 Å². The van der Waals surface area contributed by atoms with Gasteiger partial charge in [-0.3, -0.25) is 4.79 Å². The van der Waals surface area contributed by atoms with E-state index in [9.17, 15) is 4.79 Å². The minimum Gasteiger partial charge on any atom is -0.371 e. The first kappa shape index (κ1) is 12.0. The summed E-state index contributed by atoms with van der Waals surface area (Å²) in [6.45, 7) is 4.74. The quantitative estimate of drug-likeness (QED) is 0.706. The van der Waals surface area contributed by atoms with E-state index in [1.165, 1.54) is 0 Å². The van der Waals surface area contributed by atoms with Gasteiger partial charge in [-0.05, 0) is 12.8 Å². The summed E-state index contributed by atoms with van der Waals surface area (Å²) < 4.78 is 0.